The average molecular weight is 252 g/mol. The Morgan fingerprint density at radius 2 is 1.23 bits per heavy atom. The molecule has 0 rings (SSSR count). The van der Waals surface area contributed by atoms with E-state index in [1.165, 1.54) is 0 Å². The third kappa shape index (κ3) is 12.7. The van der Waals surface area contributed by atoms with Crippen LogP contribution in [-0.2, 0) is 4.57 Å². The summed E-state index contributed by atoms with van der Waals surface area (Å²) in [7, 11) is -2.80. The number of halogens is 2. The Morgan fingerprint density at radius 3 is 1.38 bits per heavy atom. The number of nitrogens with two attached hydrogens (primary N) is 1. The van der Waals surface area contributed by atoms with E-state index in [1.54, 1.807) is 0 Å². The normalized spacial score (nSPS) is 11.0. The van der Waals surface area contributed by atoms with Crippen LogP contribution >= 0.6 is 32.4 Å². The first-order valence-electron chi connectivity index (χ1n) is 3.77. The predicted molar refractivity (Wildman–Crippen MR) is 62.8 cm³/mol. The number of hydrogen-bond donors (Lipinski definition) is 3. The van der Waals surface area contributed by atoms with E-state index < -0.39 is 7.59 Å². The fraction of sp³-hybridized carbons (Fsp3) is 1.00. The third-order valence-electron chi connectivity index (χ3n) is 0.900. The van der Waals surface area contributed by atoms with Gasteiger partial charge in [0.05, 0.1) is 0 Å². The lowest BCUT2D eigenvalue weighted by atomic mass is 10.4. The van der Waals surface area contributed by atoms with Crippen LogP contribution < -0.4 is 15.7 Å². The molecule has 0 amide bonds. The van der Waals surface area contributed by atoms with E-state index in [1.807, 2.05) is 27.7 Å². The Morgan fingerprint density at radius 1 is 1.00 bits per heavy atom. The van der Waals surface area contributed by atoms with E-state index in [-0.39, 0.29) is 36.9 Å². The molecule has 4 nitrogen and oxygen atoms in total. The topological polar surface area (TPSA) is 67.1 Å². The summed E-state index contributed by atoms with van der Waals surface area (Å²) in [5.41, 5.74) is 5.45. The van der Waals surface area contributed by atoms with E-state index in [0.717, 1.165) is 0 Å². The Labute approximate surface area is 92.8 Å². The molecule has 84 valence electrons. The number of nitrogens with one attached hydrogen (secondary N) is 2. The molecule has 0 saturated carbocycles. The second-order valence-electron chi connectivity index (χ2n) is 3.23. The molecule has 0 aromatic rings. The zero-order valence-electron chi connectivity index (χ0n) is 8.40. The highest BCUT2D eigenvalue weighted by Gasteiger charge is 2.16. The van der Waals surface area contributed by atoms with Gasteiger partial charge in [-0.25, -0.2) is 10.2 Å². The second kappa shape index (κ2) is 8.04. The summed E-state index contributed by atoms with van der Waals surface area (Å²) in [5, 5.41) is 5.55. The monoisotopic (exact) mass is 251 g/mol. The maximum Gasteiger partial charge on any atom is 0.276 e. The highest BCUT2D eigenvalue weighted by atomic mass is 35.5. The van der Waals surface area contributed by atoms with Crippen LogP contribution in [0.3, 0.4) is 0 Å². The molecule has 7 heteroatoms. The summed E-state index contributed by atoms with van der Waals surface area (Å²) in [6.45, 7) is 7.62. The maximum absolute atomic E-state index is 11.4. The second-order valence-corrected chi connectivity index (χ2v) is 5.06. The summed E-state index contributed by atoms with van der Waals surface area (Å²) in [6.07, 6.45) is 0. The highest BCUT2D eigenvalue weighted by Crippen LogP contribution is 2.25. The van der Waals surface area contributed by atoms with Crippen LogP contribution in [0.15, 0.2) is 0 Å². The van der Waals surface area contributed by atoms with Crippen molar-refractivity contribution in [1.29, 1.82) is 0 Å². The smallest absolute Gasteiger partial charge is 0.271 e. The minimum absolute atomic E-state index is 0. The first kappa shape index (κ1) is 19.3. The molecule has 0 unspecified atom stereocenters. The standard InChI is InChI=1S/C6H18N3OP.2ClH/c1-5(2)8-11(7,10)9-6(3)4;;/h5-6H,1-4H3,(H4,7,8,9,10);2*1H. The molecule has 0 aromatic heterocycles. The van der Waals surface area contributed by atoms with Crippen LogP contribution in [0.5, 0.6) is 0 Å². The molecule has 0 spiro atoms. The van der Waals surface area contributed by atoms with Gasteiger partial charge in [0.15, 0.2) is 0 Å². The van der Waals surface area contributed by atoms with Gasteiger partial charge in [0.25, 0.3) is 7.59 Å². The van der Waals surface area contributed by atoms with Gasteiger partial charge in [0, 0.05) is 12.1 Å². The Bertz CT molecular complexity index is 152. The number of rotatable bonds is 4. The van der Waals surface area contributed by atoms with Crippen molar-refractivity contribution in [3.05, 3.63) is 0 Å². The van der Waals surface area contributed by atoms with Crippen molar-refractivity contribution >= 4 is 32.4 Å². The number of hydrogen-bond acceptors (Lipinski definition) is 1. The van der Waals surface area contributed by atoms with Crippen LogP contribution in [0.25, 0.3) is 0 Å². The summed E-state index contributed by atoms with van der Waals surface area (Å²) in [5.74, 6) is 0. The molecular formula is C6H20Cl2N3OP. The predicted octanol–water partition coefficient (Wildman–Crippen LogP) is 1.89. The van der Waals surface area contributed by atoms with Gasteiger partial charge >= 0.3 is 0 Å². The highest BCUT2D eigenvalue weighted by molar-refractivity contribution is 7.57. The SMILES string of the molecule is CC(C)NP(N)(=O)NC(C)C.Cl.Cl. The Balaban J connectivity index is -0.000000500. The molecule has 0 aliphatic carbocycles. The van der Waals surface area contributed by atoms with E-state index in [4.69, 9.17) is 5.50 Å². The molecule has 0 atom stereocenters. The van der Waals surface area contributed by atoms with Crippen LogP contribution in [0.4, 0.5) is 0 Å². The first-order chi connectivity index (χ1) is 4.83. The van der Waals surface area contributed by atoms with Crippen molar-refractivity contribution in [2.75, 3.05) is 0 Å². The lowest BCUT2D eigenvalue weighted by molar-refractivity contribution is 0.536. The maximum atomic E-state index is 11.4. The zero-order chi connectivity index (χ0) is 9.07. The minimum Gasteiger partial charge on any atom is -0.271 e. The van der Waals surface area contributed by atoms with Crippen LogP contribution in [0, 0.1) is 0 Å². The van der Waals surface area contributed by atoms with Crippen molar-refractivity contribution in [3.63, 3.8) is 0 Å². The molecule has 0 heterocycles. The summed E-state index contributed by atoms with van der Waals surface area (Å²) >= 11 is 0. The van der Waals surface area contributed by atoms with E-state index >= 15 is 0 Å². The molecule has 0 aliphatic heterocycles. The Hall–Kier alpha value is 0.690. The summed E-state index contributed by atoms with van der Waals surface area (Å²) in [4.78, 5) is 0. The zero-order valence-corrected chi connectivity index (χ0v) is 10.9. The van der Waals surface area contributed by atoms with Gasteiger partial charge in [-0.15, -0.1) is 24.8 Å². The lowest BCUT2D eigenvalue weighted by Crippen LogP contribution is -2.35. The first-order valence-corrected chi connectivity index (χ1v) is 5.55. The average Bonchev–Trinajstić information content (AvgIpc) is 1.53. The summed E-state index contributed by atoms with van der Waals surface area (Å²) < 4.78 is 11.4. The molecule has 4 N–H and O–H groups in total. The molecule has 0 aromatic carbocycles. The van der Waals surface area contributed by atoms with Gasteiger partial charge in [-0.1, -0.05) is 0 Å². The summed E-state index contributed by atoms with van der Waals surface area (Å²) in [6, 6.07) is 0.272. The molecule has 13 heavy (non-hydrogen) atoms. The molecule has 0 aliphatic rings. The quantitative estimate of drug-likeness (QED) is 0.668. The van der Waals surface area contributed by atoms with Crippen molar-refractivity contribution in [2.45, 2.75) is 39.8 Å². The lowest BCUT2D eigenvalue weighted by Gasteiger charge is -2.20. The molecular weight excluding hydrogens is 232 g/mol. The molecule has 0 radical (unpaired) electrons. The van der Waals surface area contributed by atoms with Gasteiger partial charge in [0.1, 0.15) is 0 Å². The van der Waals surface area contributed by atoms with Gasteiger partial charge in [-0.2, -0.15) is 0 Å². The van der Waals surface area contributed by atoms with Gasteiger partial charge in [0.2, 0.25) is 0 Å². The fourth-order valence-corrected chi connectivity index (χ4v) is 2.41. The van der Waals surface area contributed by atoms with Gasteiger partial charge < -0.3 is 0 Å². The fourth-order valence-electron chi connectivity index (χ4n) is 0.804. The van der Waals surface area contributed by atoms with Gasteiger partial charge in [-0.05, 0) is 27.7 Å². The minimum atomic E-state index is -2.80. The van der Waals surface area contributed by atoms with Crippen molar-refractivity contribution in [3.8, 4) is 0 Å². The largest absolute Gasteiger partial charge is 0.276 e. The van der Waals surface area contributed by atoms with Crippen molar-refractivity contribution in [1.82, 2.24) is 10.2 Å². The molecule has 0 bridgehead atoms. The third-order valence-corrected chi connectivity index (χ3v) is 2.70. The Kier molecular flexibility index (Phi) is 11.9. The van der Waals surface area contributed by atoms with E-state index in [0.29, 0.717) is 0 Å². The van der Waals surface area contributed by atoms with Gasteiger partial charge in [-0.3, -0.25) is 10.1 Å². The van der Waals surface area contributed by atoms with Crippen molar-refractivity contribution in [2.24, 2.45) is 5.50 Å². The molecule has 0 saturated heterocycles. The van der Waals surface area contributed by atoms with Crippen LogP contribution in [-0.4, -0.2) is 12.1 Å². The molecule has 0 fully saturated rings. The van der Waals surface area contributed by atoms with Crippen LogP contribution in [0.1, 0.15) is 27.7 Å². The van der Waals surface area contributed by atoms with E-state index in [2.05, 4.69) is 10.2 Å². The van der Waals surface area contributed by atoms with E-state index in [9.17, 15) is 4.57 Å². The van der Waals surface area contributed by atoms with Crippen molar-refractivity contribution < 1.29 is 4.57 Å². The van der Waals surface area contributed by atoms with Crippen LogP contribution in [0.2, 0.25) is 0 Å².